The number of carbonyl (C=O) groups is 1. The molecule has 0 radical (unpaired) electrons. The first-order chi connectivity index (χ1) is 12.8. The number of carbonyl (C=O) groups excluding carboxylic acids is 1. The van der Waals surface area contributed by atoms with Gasteiger partial charge in [0.05, 0.1) is 5.54 Å². The van der Waals surface area contributed by atoms with Crippen molar-refractivity contribution >= 4 is 24.5 Å². The van der Waals surface area contributed by atoms with E-state index in [4.69, 9.17) is 8.85 Å². The summed E-state index contributed by atoms with van der Waals surface area (Å²) in [6.07, 6.45) is 1.64. The Morgan fingerprint density at radius 3 is 2.88 bits per heavy atom. The molecule has 0 aliphatic carbocycles. The molecule has 1 spiro atoms. The molecule has 0 saturated carbocycles. The first kappa shape index (κ1) is 14.4. The fourth-order valence-electron chi connectivity index (χ4n) is 3.42. The van der Waals surface area contributed by atoms with Crippen LogP contribution in [-0.2, 0) is 11.2 Å². The maximum Gasteiger partial charge on any atom is 0.490 e. The van der Waals surface area contributed by atoms with Crippen LogP contribution in [0.25, 0.3) is 0 Å². The predicted molar refractivity (Wildman–Crippen MR) is 95.9 cm³/mol. The number of nitrogens with one attached hydrogen (secondary N) is 1. The highest BCUT2D eigenvalue weighted by Gasteiger charge is 2.43. The van der Waals surface area contributed by atoms with Crippen molar-refractivity contribution in [2.45, 2.75) is 58.0 Å². The minimum Gasteiger partial charge on any atom is -0.444 e. The van der Waals surface area contributed by atoms with E-state index in [-0.39, 0.29) is 17.2 Å². The van der Waals surface area contributed by atoms with Crippen LogP contribution in [0.3, 0.4) is 0 Å². The van der Waals surface area contributed by atoms with Crippen molar-refractivity contribution in [1.82, 2.24) is 9.88 Å². The van der Waals surface area contributed by atoms with Crippen LogP contribution in [-0.4, -0.2) is 57.4 Å². The lowest BCUT2D eigenvalue weighted by atomic mass is 9.77. The second kappa shape index (κ2) is 6.18. The molecule has 3 N–H and O–H groups in total. The number of rotatable bonds is 1. The first-order valence-electron chi connectivity index (χ1n) is 9.96. The number of fused-ring (bicyclic) bond motifs is 1. The average Bonchev–Trinajstić information content (AvgIpc) is 2.95. The van der Waals surface area contributed by atoms with E-state index in [1.165, 1.54) is 6.07 Å². The minimum absolute atomic E-state index is 0.0988. The van der Waals surface area contributed by atoms with Crippen LogP contribution in [0.4, 0.5) is 10.6 Å². The van der Waals surface area contributed by atoms with Gasteiger partial charge in [-0.2, -0.15) is 0 Å². The third-order valence-corrected chi connectivity index (χ3v) is 4.67. The zero-order valence-corrected chi connectivity index (χ0v) is 14.8. The van der Waals surface area contributed by atoms with Crippen LogP contribution in [0.5, 0.6) is 0 Å². The largest absolute Gasteiger partial charge is 0.490 e. The van der Waals surface area contributed by atoms with Crippen molar-refractivity contribution in [1.29, 1.82) is 0 Å². The Bertz CT molecular complexity index is 782. The van der Waals surface area contributed by atoms with Gasteiger partial charge in [-0.3, -0.25) is 0 Å². The predicted octanol–water partition coefficient (Wildman–Crippen LogP) is 0.808. The van der Waals surface area contributed by atoms with Gasteiger partial charge in [0.1, 0.15) is 11.4 Å². The number of pyridine rings is 1. The molecule has 8 heteroatoms. The van der Waals surface area contributed by atoms with E-state index in [0.29, 0.717) is 31.7 Å². The molecule has 1 saturated heterocycles. The molecule has 7 nitrogen and oxygen atoms in total. The van der Waals surface area contributed by atoms with Crippen LogP contribution in [0.2, 0.25) is 0 Å². The van der Waals surface area contributed by atoms with E-state index in [2.05, 4.69) is 10.3 Å². The Kier molecular flexibility index (Phi) is 3.55. The minimum atomic E-state index is -2.57. The number of ether oxygens (including phenoxy) is 1. The van der Waals surface area contributed by atoms with E-state index < -0.39 is 25.1 Å². The second-order valence-corrected chi connectivity index (χ2v) is 7.86. The van der Waals surface area contributed by atoms with E-state index in [9.17, 15) is 14.8 Å². The molecular weight excluding hydrogens is 321 g/mol. The average molecular weight is 350 g/mol. The molecule has 1 amide bonds. The quantitative estimate of drug-likeness (QED) is 0.649. The molecule has 1 fully saturated rings. The summed E-state index contributed by atoms with van der Waals surface area (Å²) in [5.74, 6) is 0.424. The lowest BCUT2D eigenvalue weighted by molar-refractivity contribution is 0.0285. The van der Waals surface area contributed by atoms with Gasteiger partial charge >= 0.3 is 13.2 Å². The van der Waals surface area contributed by atoms with Crippen molar-refractivity contribution in [3.63, 3.8) is 0 Å². The monoisotopic (exact) mass is 350 g/mol. The Hall–Kier alpha value is -1.80. The van der Waals surface area contributed by atoms with E-state index in [1.807, 2.05) is 20.8 Å². The normalized spacial score (nSPS) is 24.8. The van der Waals surface area contributed by atoms with Gasteiger partial charge < -0.3 is 25.0 Å². The number of aryl methyl sites for hydroxylation is 2. The van der Waals surface area contributed by atoms with Crippen LogP contribution in [0.15, 0.2) is 6.07 Å². The first-order valence-corrected chi connectivity index (χ1v) is 8.46. The highest BCUT2D eigenvalue weighted by molar-refractivity contribution is 6.59. The summed E-state index contributed by atoms with van der Waals surface area (Å²) in [5.41, 5.74) is -0.664. The maximum absolute atomic E-state index is 12.4. The summed E-state index contributed by atoms with van der Waals surface area (Å²) in [7, 11) is -1.90. The summed E-state index contributed by atoms with van der Waals surface area (Å²) in [4.78, 5) is 18.2. The Balaban J connectivity index is 1.84. The van der Waals surface area contributed by atoms with Crippen LogP contribution in [0, 0.1) is 6.85 Å². The number of hydrogen-bond donors (Lipinski definition) is 3. The van der Waals surface area contributed by atoms with Gasteiger partial charge in [-0.15, -0.1) is 0 Å². The van der Waals surface area contributed by atoms with Crippen LogP contribution in [0.1, 0.15) is 49.0 Å². The Morgan fingerprint density at radius 2 is 2.24 bits per heavy atom. The molecule has 25 heavy (non-hydrogen) atoms. The molecule has 3 rings (SSSR count). The number of amides is 1. The van der Waals surface area contributed by atoms with Gasteiger partial charge in [-0.05, 0) is 52.4 Å². The number of nitrogens with zero attached hydrogens (tertiary/aromatic N) is 2. The topological polar surface area (TPSA) is 94.9 Å². The molecule has 1 unspecified atom stereocenters. The number of aromatic nitrogens is 1. The summed E-state index contributed by atoms with van der Waals surface area (Å²) in [6.45, 7) is 3.86. The number of hydrogen-bond acceptors (Lipinski definition) is 6. The Labute approximate surface area is 152 Å². The zero-order valence-electron chi connectivity index (χ0n) is 17.8. The van der Waals surface area contributed by atoms with Crippen molar-refractivity contribution in [2.24, 2.45) is 0 Å². The van der Waals surface area contributed by atoms with Crippen LogP contribution >= 0.6 is 0 Å². The lowest BCUT2D eigenvalue weighted by Crippen LogP contribution is -2.47. The molecule has 1 aromatic heterocycles. The SMILES string of the molecule is [2H]C([2H])([2H])c1nc2c(cc1B(O)O)CCC1(CCN(C(=O)OC(C)(C)C)C1)N2. The smallest absolute Gasteiger partial charge is 0.444 e. The van der Waals surface area contributed by atoms with Gasteiger partial charge in [-0.25, -0.2) is 9.78 Å². The fourth-order valence-corrected chi connectivity index (χ4v) is 3.42. The molecule has 0 aromatic carbocycles. The molecule has 2 aliphatic heterocycles. The van der Waals surface area contributed by atoms with E-state index in [1.54, 1.807) is 4.90 Å². The number of anilines is 1. The van der Waals surface area contributed by atoms with Crippen molar-refractivity contribution in [3.8, 4) is 0 Å². The van der Waals surface area contributed by atoms with Gasteiger partial charge in [-0.1, -0.05) is 6.07 Å². The molecular formula is C17H26BN3O4. The summed E-state index contributed by atoms with van der Waals surface area (Å²) < 4.78 is 28.4. The second-order valence-electron chi connectivity index (χ2n) is 7.86. The third kappa shape index (κ3) is 3.74. The molecule has 1 atom stereocenters. The highest BCUT2D eigenvalue weighted by atomic mass is 16.6. The van der Waals surface area contributed by atoms with Gasteiger partial charge in [0, 0.05) is 28.4 Å². The van der Waals surface area contributed by atoms with Gasteiger partial charge in [0.15, 0.2) is 0 Å². The highest BCUT2D eigenvalue weighted by Crippen LogP contribution is 2.36. The van der Waals surface area contributed by atoms with Gasteiger partial charge in [0.2, 0.25) is 0 Å². The van der Waals surface area contributed by atoms with E-state index in [0.717, 1.165) is 12.0 Å². The standard InChI is InChI=1S/C17H26BN3O4/c1-11-13(18(23)24)9-12-5-6-17(20-14(12)19-11)7-8-21(10-17)15(22)25-16(2,3)4/h9,23-24H,5-8,10H2,1-4H3,(H,19,20)/i1D3. The maximum atomic E-state index is 12.4. The third-order valence-electron chi connectivity index (χ3n) is 4.67. The van der Waals surface area contributed by atoms with Crippen molar-refractivity contribution < 1.29 is 23.7 Å². The zero-order chi connectivity index (χ0) is 20.9. The summed E-state index contributed by atoms with van der Waals surface area (Å²) >= 11 is 0. The Morgan fingerprint density at radius 1 is 1.48 bits per heavy atom. The summed E-state index contributed by atoms with van der Waals surface area (Å²) in [5, 5.41) is 22.4. The molecule has 2 aliphatic rings. The molecule has 136 valence electrons. The van der Waals surface area contributed by atoms with Gasteiger partial charge in [0.25, 0.3) is 0 Å². The number of likely N-dealkylation sites (tertiary alicyclic amines) is 1. The molecule has 1 aromatic rings. The summed E-state index contributed by atoms with van der Waals surface area (Å²) in [6, 6.07) is 1.50. The molecule has 0 bridgehead atoms. The lowest BCUT2D eigenvalue weighted by Gasteiger charge is -2.36. The fraction of sp³-hybridized carbons (Fsp3) is 0.647. The van der Waals surface area contributed by atoms with Crippen molar-refractivity contribution in [3.05, 3.63) is 17.3 Å². The van der Waals surface area contributed by atoms with E-state index >= 15 is 0 Å². The van der Waals surface area contributed by atoms with Crippen molar-refractivity contribution in [2.75, 3.05) is 18.4 Å². The van der Waals surface area contributed by atoms with Crippen LogP contribution < -0.4 is 10.8 Å². The molecule has 3 heterocycles.